The van der Waals surface area contributed by atoms with E-state index in [2.05, 4.69) is 30.8 Å². The van der Waals surface area contributed by atoms with E-state index in [0.29, 0.717) is 29.8 Å². The van der Waals surface area contributed by atoms with Crippen molar-refractivity contribution < 1.29 is 18.3 Å². The minimum absolute atomic E-state index is 0.172. The second kappa shape index (κ2) is 9.96. The van der Waals surface area contributed by atoms with Crippen LogP contribution in [0.4, 0.5) is 14.6 Å². The van der Waals surface area contributed by atoms with E-state index < -0.39 is 23.1 Å². The quantitative estimate of drug-likeness (QED) is 0.442. The van der Waals surface area contributed by atoms with E-state index in [1.165, 1.54) is 6.08 Å². The van der Waals surface area contributed by atoms with Crippen molar-refractivity contribution in [3.8, 4) is 5.75 Å². The topological polar surface area (TPSA) is 56.2 Å². The van der Waals surface area contributed by atoms with Crippen LogP contribution in [0, 0.1) is 24.5 Å². The summed E-state index contributed by atoms with van der Waals surface area (Å²) in [6, 6.07) is 9.07. The normalized spacial score (nSPS) is 11.0. The molecule has 2 aromatic carbocycles. The summed E-state index contributed by atoms with van der Waals surface area (Å²) in [7, 11) is 0. The highest BCUT2D eigenvalue weighted by Gasteiger charge is 2.20. The van der Waals surface area contributed by atoms with Crippen molar-refractivity contribution in [2.45, 2.75) is 27.3 Å². The molecule has 0 aliphatic rings. The summed E-state index contributed by atoms with van der Waals surface area (Å²) >= 11 is 6.16. The van der Waals surface area contributed by atoms with Crippen LogP contribution in [0.25, 0.3) is 6.08 Å². The Labute approximate surface area is 190 Å². The molecule has 0 atom stereocenters. The first-order chi connectivity index (χ1) is 15.2. The number of hydrogen-bond donors (Lipinski definition) is 1. The number of nitrogens with zero attached hydrogens (tertiary/aromatic N) is 2. The predicted molar refractivity (Wildman–Crippen MR) is 122 cm³/mol. The maximum Gasteiger partial charge on any atom is 0.262 e. The summed E-state index contributed by atoms with van der Waals surface area (Å²) in [5, 5.41) is 7.37. The molecule has 0 unspecified atom stereocenters. The van der Waals surface area contributed by atoms with Crippen molar-refractivity contribution in [1.82, 2.24) is 9.78 Å². The molecular formula is C24H24ClF2N3O2. The molecule has 1 N–H and O–H groups in total. The zero-order chi connectivity index (χ0) is 23.4. The first kappa shape index (κ1) is 23.5. The molecule has 0 saturated heterocycles. The van der Waals surface area contributed by atoms with Gasteiger partial charge >= 0.3 is 0 Å². The molecule has 0 aliphatic carbocycles. The number of carbonyl (C=O) groups excluding carboxylic acids is 1. The van der Waals surface area contributed by atoms with E-state index in [1.807, 2.05) is 6.92 Å². The first-order valence-electron chi connectivity index (χ1n) is 10.1. The third-order valence-electron chi connectivity index (χ3n) is 4.66. The minimum Gasteiger partial charge on any atom is -0.493 e. The van der Waals surface area contributed by atoms with Crippen LogP contribution in [0.2, 0.25) is 5.02 Å². The number of nitrogens with one attached hydrogen (secondary N) is 1. The van der Waals surface area contributed by atoms with E-state index in [4.69, 9.17) is 16.3 Å². The zero-order valence-corrected chi connectivity index (χ0v) is 18.8. The number of anilines is 1. The van der Waals surface area contributed by atoms with Crippen LogP contribution >= 0.6 is 11.6 Å². The Balaban J connectivity index is 1.81. The standard InChI is InChI=1S/C24H24ClF2N3O2/c1-5-16-9-19(26)23(20(27)10-16)24(31)28-22-8-15(4)30(29-22)12-17-11-18(25)6-7-21(17)32-13-14(2)3/h5-11,14H,1,12-13H2,2-4H3,(H,28,29,31). The van der Waals surface area contributed by atoms with Gasteiger partial charge in [-0.1, -0.05) is 38.1 Å². The molecule has 8 heteroatoms. The Morgan fingerprint density at radius 1 is 1.25 bits per heavy atom. The number of aryl methyl sites for hydroxylation is 1. The van der Waals surface area contributed by atoms with Crippen LogP contribution in [-0.4, -0.2) is 22.3 Å². The predicted octanol–water partition coefficient (Wildman–Crippen LogP) is 6.10. The van der Waals surface area contributed by atoms with Crippen molar-refractivity contribution in [2.75, 3.05) is 11.9 Å². The minimum atomic E-state index is -0.973. The van der Waals surface area contributed by atoms with E-state index in [9.17, 15) is 13.6 Å². The van der Waals surface area contributed by atoms with E-state index >= 15 is 0 Å². The van der Waals surface area contributed by atoms with Crippen LogP contribution < -0.4 is 10.1 Å². The van der Waals surface area contributed by atoms with Gasteiger partial charge in [0.05, 0.1) is 13.2 Å². The number of ether oxygens (including phenoxy) is 1. The third kappa shape index (κ3) is 5.53. The molecule has 5 nitrogen and oxygen atoms in total. The number of hydrogen-bond acceptors (Lipinski definition) is 3. The van der Waals surface area contributed by atoms with Gasteiger partial charge in [0.25, 0.3) is 5.91 Å². The largest absolute Gasteiger partial charge is 0.493 e. The van der Waals surface area contributed by atoms with E-state index in [1.54, 1.807) is 28.9 Å². The van der Waals surface area contributed by atoms with Gasteiger partial charge in [-0.15, -0.1) is 0 Å². The highest BCUT2D eigenvalue weighted by Crippen LogP contribution is 2.25. The number of rotatable bonds is 8. The van der Waals surface area contributed by atoms with Crippen LogP contribution in [-0.2, 0) is 6.54 Å². The van der Waals surface area contributed by atoms with Crippen LogP contribution in [0.15, 0.2) is 43.0 Å². The maximum atomic E-state index is 14.2. The smallest absolute Gasteiger partial charge is 0.262 e. The maximum absolute atomic E-state index is 14.2. The van der Waals surface area contributed by atoms with Crippen LogP contribution in [0.5, 0.6) is 5.75 Å². The molecule has 1 heterocycles. The molecule has 0 fully saturated rings. The van der Waals surface area contributed by atoms with Gasteiger partial charge in [0.2, 0.25) is 0 Å². The summed E-state index contributed by atoms with van der Waals surface area (Å²) in [6.45, 7) is 10.3. The molecule has 168 valence electrons. The molecule has 0 saturated carbocycles. The summed E-state index contributed by atoms with van der Waals surface area (Å²) in [5.41, 5.74) is 1.12. The number of benzene rings is 2. The average molecular weight is 460 g/mol. The lowest BCUT2D eigenvalue weighted by molar-refractivity contribution is 0.101. The molecule has 0 aliphatic heterocycles. The van der Waals surface area contributed by atoms with Gasteiger partial charge in [-0.25, -0.2) is 8.78 Å². The van der Waals surface area contributed by atoms with Gasteiger partial charge in [-0.2, -0.15) is 5.10 Å². The molecule has 1 amide bonds. The van der Waals surface area contributed by atoms with Crippen LogP contribution in [0.1, 0.15) is 41.0 Å². The van der Waals surface area contributed by atoms with E-state index in [0.717, 1.165) is 23.4 Å². The lowest BCUT2D eigenvalue weighted by atomic mass is 10.1. The number of aromatic nitrogens is 2. The van der Waals surface area contributed by atoms with Gasteiger partial charge in [0.1, 0.15) is 22.9 Å². The van der Waals surface area contributed by atoms with Crippen molar-refractivity contribution >= 4 is 29.4 Å². The monoisotopic (exact) mass is 459 g/mol. The van der Waals surface area contributed by atoms with Crippen LogP contribution in [0.3, 0.4) is 0 Å². The Morgan fingerprint density at radius 2 is 1.94 bits per heavy atom. The fourth-order valence-corrected chi connectivity index (χ4v) is 3.26. The Bertz CT molecular complexity index is 1140. The molecular weight excluding hydrogens is 436 g/mol. The van der Waals surface area contributed by atoms with E-state index in [-0.39, 0.29) is 11.4 Å². The first-order valence-corrected chi connectivity index (χ1v) is 10.4. The fraction of sp³-hybridized carbons (Fsp3) is 0.250. The Kier molecular flexibility index (Phi) is 7.30. The Morgan fingerprint density at radius 3 is 2.56 bits per heavy atom. The zero-order valence-electron chi connectivity index (χ0n) is 18.1. The lowest BCUT2D eigenvalue weighted by Gasteiger charge is -2.14. The molecule has 1 aromatic heterocycles. The highest BCUT2D eigenvalue weighted by molar-refractivity contribution is 6.30. The SMILES string of the molecule is C=Cc1cc(F)c(C(=O)Nc2cc(C)n(Cc3cc(Cl)ccc3OCC(C)C)n2)c(F)c1. The average Bonchev–Trinajstić information content (AvgIpc) is 3.05. The number of halogens is 3. The fourth-order valence-electron chi connectivity index (χ4n) is 3.07. The number of carbonyl (C=O) groups is 1. The van der Waals surface area contributed by atoms with Crippen molar-refractivity contribution in [2.24, 2.45) is 5.92 Å². The Hall–Kier alpha value is -3.19. The van der Waals surface area contributed by atoms with Gasteiger partial charge in [0.15, 0.2) is 5.82 Å². The highest BCUT2D eigenvalue weighted by atomic mass is 35.5. The summed E-state index contributed by atoms with van der Waals surface area (Å²) < 4.78 is 36.0. The molecule has 0 radical (unpaired) electrons. The molecule has 3 rings (SSSR count). The summed E-state index contributed by atoms with van der Waals surface area (Å²) in [4.78, 5) is 12.5. The van der Waals surface area contributed by atoms with Gasteiger partial charge in [-0.3, -0.25) is 9.48 Å². The van der Waals surface area contributed by atoms with Crippen molar-refractivity contribution in [1.29, 1.82) is 0 Å². The number of amides is 1. The summed E-state index contributed by atoms with van der Waals surface area (Å²) in [6.07, 6.45) is 1.30. The second-order valence-electron chi connectivity index (χ2n) is 7.80. The molecule has 0 spiro atoms. The second-order valence-corrected chi connectivity index (χ2v) is 8.24. The molecule has 3 aromatic rings. The molecule has 0 bridgehead atoms. The third-order valence-corrected chi connectivity index (χ3v) is 4.90. The van der Waals surface area contributed by atoms with Gasteiger partial charge < -0.3 is 10.1 Å². The molecule has 32 heavy (non-hydrogen) atoms. The van der Waals surface area contributed by atoms with Gasteiger partial charge in [-0.05, 0) is 48.7 Å². The summed E-state index contributed by atoms with van der Waals surface area (Å²) in [5.74, 6) is -1.66. The van der Waals surface area contributed by atoms with Crippen molar-refractivity contribution in [3.63, 3.8) is 0 Å². The van der Waals surface area contributed by atoms with Crippen molar-refractivity contribution in [3.05, 3.63) is 82.0 Å². The van der Waals surface area contributed by atoms with Gasteiger partial charge in [0, 0.05) is 22.3 Å². The lowest BCUT2D eigenvalue weighted by Crippen LogP contribution is -2.17.